The monoisotopic (exact) mass is 386 g/mol. The van der Waals surface area contributed by atoms with Gasteiger partial charge in [0.15, 0.2) is 0 Å². The van der Waals surface area contributed by atoms with Crippen molar-refractivity contribution in [2.75, 3.05) is 11.1 Å². The molecule has 0 aromatic heterocycles. The summed E-state index contributed by atoms with van der Waals surface area (Å²) in [4.78, 5) is 12.4. The second-order valence-electron chi connectivity index (χ2n) is 4.47. The molecule has 1 amide bonds. The van der Waals surface area contributed by atoms with E-state index in [0.717, 1.165) is 22.1 Å². The van der Waals surface area contributed by atoms with Crippen molar-refractivity contribution in [2.24, 2.45) is 0 Å². The van der Waals surface area contributed by atoms with Crippen LogP contribution in [0.25, 0.3) is 0 Å². The molecule has 0 saturated heterocycles. The molecule has 0 spiro atoms. The summed E-state index contributed by atoms with van der Waals surface area (Å²) < 4.78 is 0.961. The number of rotatable bonds is 3. The van der Waals surface area contributed by atoms with E-state index in [1.54, 1.807) is 0 Å². The summed E-state index contributed by atoms with van der Waals surface area (Å²) in [6, 6.07) is 8.68. The third kappa shape index (κ3) is 3.70. The molecule has 0 unspecified atom stereocenters. The minimum Gasteiger partial charge on any atom is -0.399 e. The zero-order valence-corrected chi connectivity index (χ0v) is 14.3. The van der Waals surface area contributed by atoms with E-state index in [2.05, 4.69) is 21.2 Å². The highest BCUT2D eigenvalue weighted by Gasteiger charge is 2.15. The van der Waals surface area contributed by atoms with Crippen LogP contribution in [0.1, 0.15) is 22.8 Å². The van der Waals surface area contributed by atoms with E-state index >= 15 is 0 Å². The maximum absolute atomic E-state index is 12.4. The second-order valence-corrected chi connectivity index (χ2v) is 6.17. The minimum atomic E-state index is -0.341. The highest BCUT2D eigenvalue weighted by Crippen LogP contribution is 2.30. The molecule has 0 aliphatic carbocycles. The molecule has 0 bridgehead atoms. The van der Waals surface area contributed by atoms with Gasteiger partial charge in [-0.1, -0.05) is 46.1 Å². The van der Waals surface area contributed by atoms with Crippen molar-refractivity contribution in [1.82, 2.24) is 0 Å². The zero-order chi connectivity index (χ0) is 15.6. The van der Waals surface area contributed by atoms with Gasteiger partial charge in [-0.15, -0.1) is 0 Å². The molecule has 21 heavy (non-hydrogen) atoms. The third-order valence-corrected chi connectivity index (χ3v) is 4.29. The van der Waals surface area contributed by atoms with Crippen LogP contribution in [0.15, 0.2) is 34.8 Å². The minimum absolute atomic E-state index is 0.193. The molecule has 0 atom stereocenters. The predicted octanol–water partition coefficient (Wildman–Crippen LogP) is 5.15. The summed E-state index contributed by atoms with van der Waals surface area (Å²) in [5.41, 5.74) is 8.11. The Kier molecular flexibility index (Phi) is 5.14. The van der Waals surface area contributed by atoms with Gasteiger partial charge in [-0.25, -0.2) is 0 Å². The van der Waals surface area contributed by atoms with Crippen LogP contribution in [0.5, 0.6) is 0 Å². The van der Waals surface area contributed by atoms with Gasteiger partial charge in [0.25, 0.3) is 5.91 Å². The molecule has 6 heteroatoms. The van der Waals surface area contributed by atoms with Crippen LogP contribution >= 0.6 is 39.1 Å². The predicted molar refractivity (Wildman–Crippen MR) is 92.3 cm³/mol. The zero-order valence-electron chi connectivity index (χ0n) is 11.2. The van der Waals surface area contributed by atoms with Gasteiger partial charge in [-0.3, -0.25) is 4.79 Å². The van der Waals surface area contributed by atoms with Crippen LogP contribution in [-0.2, 0) is 6.42 Å². The summed E-state index contributed by atoms with van der Waals surface area (Å²) in [7, 11) is 0. The maximum Gasteiger partial charge on any atom is 0.257 e. The number of nitrogens with one attached hydrogen (secondary N) is 1. The highest BCUT2D eigenvalue weighted by molar-refractivity contribution is 9.10. The number of anilines is 2. The van der Waals surface area contributed by atoms with Gasteiger partial charge in [-0.05, 0) is 42.3 Å². The van der Waals surface area contributed by atoms with Gasteiger partial charge in [0.05, 0.1) is 15.6 Å². The van der Waals surface area contributed by atoms with E-state index in [1.165, 1.54) is 12.1 Å². The molecule has 0 aliphatic rings. The molecule has 2 aromatic rings. The van der Waals surface area contributed by atoms with Gasteiger partial charge >= 0.3 is 0 Å². The number of aryl methyl sites for hydroxylation is 1. The Morgan fingerprint density at radius 3 is 2.67 bits per heavy atom. The number of amides is 1. The van der Waals surface area contributed by atoms with Crippen molar-refractivity contribution >= 4 is 56.4 Å². The topological polar surface area (TPSA) is 55.1 Å². The number of halogens is 3. The summed E-state index contributed by atoms with van der Waals surface area (Å²) in [6.07, 6.45) is 0.792. The molecule has 0 saturated carbocycles. The van der Waals surface area contributed by atoms with Gasteiger partial charge in [0.1, 0.15) is 0 Å². The number of hydrogen-bond acceptors (Lipinski definition) is 2. The fourth-order valence-electron chi connectivity index (χ4n) is 1.94. The lowest BCUT2D eigenvalue weighted by Crippen LogP contribution is -2.14. The van der Waals surface area contributed by atoms with Crippen LogP contribution < -0.4 is 11.1 Å². The second kappa shape index (κ2) is 6.69. The molecule has 3 N–H and O–H groups in total. The van der Waals surface area contributed by atoms with Gasteiger partial charge in [0, 0.05) is 15.8 Å². The maximum atomic E-state index is 12.4. The smallest absolute Gasteiger partial charge is 0.257 e. The normalized spacial score (nSPS) is 10.5. The molecule has 0 aliphatic heterocycles. The fourth-order valence-corrected chi connectivity index (χ4v) is 2.77. The average Bonchev–Trinajstić information content (AvgIpc) is 2.44. The Bertz CT molecular complexity index is 704. The van der Waals surface area contributed by atoms with Crippen LogP contribution in [0.2, 0.25) is 10.0 Å². The molecule has 0 heterocycles. The highest BCUT2D eigenvalue weighted by atomic mass is 79.9. The van der Waals surface area contributed by atoms with Gasteiger partial charge in [0.2, 0.25) is 0 Å². The summed E-state index contributed by atoms with van der Waals surface area (Å²) in [5, 5.41) is 3.29. The lowest BCUT2D eigenvalue weighted by atomic mass is 10.1. The summed E-state index contributed by atoms with van der Waals surface area (Å²) in [6.45, 7) is 2.02. The Balaban J connectivity index is 2.35. The van der Waals surface area contributed by atoms with Crippen LogP contribution in [0, 0.1) is 0 Å². The molecular formula is C15H13BrCl2N2O. The number of carbonyl (C=O) groups is 1. The van der Waals surface area contributed by atoms with E-state index in [-0.39, 0.29) is 21.5 Å². The lowest BCUT2D eigenvalue weighted by Gasteiger charge is -2.12. The first-order valence-electron chi connectivity index (χ1n) is 6.26. The molecular weight excluding hydrogens is 375 g/mol. The number of nitrogens with two attached hydrogens (primary N) is 1. The molecule has 0 fully saturated rings. The SMILES string of the molecule is CCc1cc(Br)ccc1NC(=O)c1cc(N)cc(Cl)c1Cl. The van der Waals surface area contributed by atoms with Crippen molar-refractivity contribution in [1.29, 1.82) is 0 Å². The quantitative estimate of drug-likeness (QED) is 0.715. The number of nitrogen functional groups attached to an aromatic ring is 1. The molecule has 2 aromatic carbocycles. The first-order chi connectivity index (χ1) is 9.92. The number of hydrogen-bond donors (Lipinski definition) is 2. The van der Waals surface area contributed by atoms with E-state index in [4.69, 9.17) is 28.9 Å². The molecule has 0 radical (unpaired) electrons. The average molecular weight is 388 g/mol. The van der Waals surface area contributed by atoms with Gasteiger partial charge in [-0.2, -0.15) is 0 Å². The standard InChI is InChI=1S/C15H13BrCl2N2O/c1-2-8-5-9(16)3-4-13(8)20-15(21)11-6-10(19)7-12(17)14(11)18/h3-7H,2,19H2,1H3,(H,20,21). The van der Waals surface area contributed by atoms with Crippen molar-refractivity contribution in [3.63, 3.8) is 0 Å². The third-order valence-electron chi connectivity index (χ3n) is 2.99. The van der Waals surface area contributed by atoms with Crippen molar-refractivity contribution < 1.29 is 4.79 Å². The van der Waals surface area contributed by atoms with Crippen molar-refractivity contribution in [3.8, 4) is 0 Å². The molecule has 3 nitrogen and oxygen atoms in total. The van der Waals surface area contributed by atoms with E-state index in [0.29, 0.717) is 5.69 Å². The van der Waals surface area contributed by atoms with Crippen molar-refractivity contribution in [2.45, 2.75) is 13.3 Å². The van der Waals surface area contributed by atoms with Gasteiger partial charge < -0.3 is 11.1 Å². The summed E-state index contributed by atoms with van der Waals surface area (Å²) in [5.74, 6) is -0.341. The van der Waals surface area contributed by atoms with Crippen molar-refractivity contribution in [3.05, 3.63) is 56.0 Å². The first kappa shape index (κ1) is 16.1. The first-order valence-corrected chi connectivity index (χ1v) is 7.81. The largest absolute Gasteiger partial charge is 0.399 e. The number of carbonyl (C=O) groups excluding carboxylic acids is 1. The van der Waals surface area contributed by atoms with Crippen LogP contribution in [-0.4, -0.2) is 5.91 Å². The Morgan fingerprint density at radius 2 is 2.00 bits per heavy atom. The van der Waals surface area contributed by atoms with E-state index in [9.17, 15) is 4.79 Å². The van der Waals surface area contributed by atoms with E-state index in [1.807, 2.05) is 25.1 Å². The Morgan fingerprint density at radius 1 is 1.29 bits per heavy atom. The molecule has 2 rings (SSSR count). The number of benzene rings is 2. The fraction of sp³-hybridized carbons (Fsp3) is 0.133. The Labute approximate surface area is 141 Å². The summed E-state index contributed by atoms with van der Waals surface area (Å²) >= 11 is 15.4. The van der Waals surface area contributed by atoms with E-state index < -0.39 is 0 Å². The lowest BCUT2D eigenvalue weighted by molar-refractivity contribution is 0.102. The Hall–Kier alpha value is -1.23. The molecule has 110 valence electrons. The van der Waals surface area contributed by atoms with Crippen LogP contribution in [0.3, 0.4) is 0 Å². The van der Waals surface area contributed by atoms with Crippen LogP contribution in [0.4, 0.5) is 11.4 Å².